The normalized spacial score (nSPS) is 15.6. The van der Waals surface area contributed by atoms with Gasteiger partial charge >= 0.3 is 0 Å². The molecule has 0 atom stereocenters. The highest BCUT2D eigenvalue weighted by Crippen LogP contribution is 2.44. The minimum Gasteiger partial charge on any atom is -0.289 e. The lowest BCUT2D eigenvalue weighted by atomic mass is 9.80. The van der Waals surface area contributed by atoms with E-state index >= 15 is 0 Å². The van der Waals surface area contributed by atoms with E-state index in [1.807, 2.05) is 32.9 Å². The Morgan fingerprint density at radius 1 is 0.720 bits per heavy atom. The minimum atomic E-state index is -0.468. The zero-order valence-electron chi connectivity index (χ0n) is 19.6. The molecule has 0 heterocycles. The van der Waals surface area contributed by atoms with Gasteiger partial charge in [0.1, 0.15) is 0 Å². The summed E-state index contributed by atoms with van der Waals surface area (Å²) in [6.45, 7) is 11.9. The van der Waals surface area contributed by atoms with Crippen molar-refractivity contribution in [1.29, 1.82) is 0 Å². The topological polar surface area (TPSA) is 19.9 Å². The smallest absolute Gasteiger partial charge is 0.190 e. The van der Waals surface area contributed by atoms with Crippen molar-refractivity contribution in [2.24, 2.45) is 0 Å². The molecule has 25 heavy (non-hydrogen) atoms. The van der Waals surface area contributed by atoms with E-state index in [4.69, 9.17) is 5.48 Å². The third-order valence-corrected chi connectivity index (χ3v) is 5.00. The molecule has 0 aliphatic rings. The molecule has 4 aromatic carbocycles. The Balaban J connectivity index is 2.40. The van der Waals surface area contributed by atoms with Gasteiger partial charge in [-0.1, -0.05) is 71.8 Å². The summed E-state index contributed by atoms with van der Waals surface area (Å²) < 4.78 is 34.6. The van der Waals surface area contributed by atoms with Crippen LogP contribution in [0.15, 0.2) is 42.4 Å². The molecule has 0 spiro atoms. The molecule has 0 bridgehead atoms. The van der Waals surface area contributed by atoms with E-state index in [9.17, 15) is 5.11 Å². The van der Waals surface area contributed by atoms with E-state index in [-0.39, 0.29) is 40.7 Å². The first kappa shape index (κ1) is 12.1. The van der Waals surface area contributed by atoms with Crippen LogP contribution in [-0.2, 0) is 15.9 Å². The first-order valence-electron chi connectivity index (χ1n) is 10.7. The van der Waals surface area contributed by atoms with E-state index in [0.29, 0.717) is 32.5 Å². The van der Waals surface area contributed by atoms with Crippen LogP contribution in [0.25, 0.3) is 32.3 Å². The Labute approximate surface area is 155 Å². The second kappa shape index (κ2) is 4.88. The molecule has 4 rings (SSSR count). The van der Waals surface area contributed by atoms with Crippen molar-refractivity contribution < 1.29 is 10.6 Å². The van der Waals surface area contributed by atoms with Gasteiger partial charge in [-0.2, -0.15) is 0 Å². The van der Waals surface area contributed by atoms with E-state index in [1.165, 1.54) is 0 Å². The van der Waals surface area contributed by atoms with Crippen LogP contribution in [0.5, 0.6) is 5.75 Å². The summed E-state index contributed by atoms with van der Waals surface area (Å²) in [5.41, 5.74) is 0.780. The molecule has 1 radical (unpaired) electrons. The minimum absolute atomic E-state index is 0.00943. The van der Waals surface area contributed by atoms with Gasteiger partial charge < -0.3 is 0 Å². The molecule has 4 aromatic rings. The van der Waals surface area contributed by atoms with Crippen molar-refractivity contribution in [3.05, 3.63) is 53.5 Å². The van der Waals surface area contributed by atoms with Crippen molar-refractivity contribution in [1.82, 2.24) is 0 Å². The van der Waals surface area contributed by atoms with Crippen LogP contribution >= 0.6 is 0 Å². The van der Waals surface area contributed by atoms with Crippen LogP contribution in [0.2, 0.25) is 0 Å². The quantitative estimate of drug-likeness (QED) is 0.300. The van der Waals surface area contributed by atoms with Gasteiger partial charge in [0.15, 0.2) is 5.75 Å². The first-order valence-corrected chi connectivity index (χ1v) is 8.69. The Morgan fingerprint density at radius 3 is 1.76 bits per heavy atom. The van der Waals surface area contributed by atoms with Gasteiger partial charge in [0.2, 0.25) is 0 Å². The summed E-state index contributed by atoms with van der Waals surface area (Å²) in [6.07, 6.45) is 0. The number of rotatable bonds is 0. The van der Waals surface area contributed by atoms with Crippen molar-refractivity contribution in [2.45, 2.75) is 52.4 Å². The Bertz CT molecular complexity index is 1290. The maximum absolute atomic E-state index is 13.4. The molecule has 0 unspecified atom stereocenters. The fourth-order valence-corrected chi connectivity index (χ4v) is 3.51. The summed E-state index contributed by atoms with van der Waals surface area (Å²) in [5, 5.41) is 16.4. The second-order valence-electron chi connectivity index (χ2n) is 9.00. The Kier molecular flexibility index (Phi) is 2.37. The van der Waals surface area contributed by atoms with Crippen LogP contribution in [0.3, 0.4) is 0 Å². The molecule has 0 amide bonds. The summed E-state index contributed by atoms with van der Waals surface area (Å²) in [6, 6.07) is 5.63. The number of hydrogen-bond acceptors (Lipinski definition) is 0. The van der Waals surface area contributed by atoms with Crippen molar-refractivity contribution in [2.75, 3.05) is 0 Å². The highest BCUT2D eigenvalue weighted by atomic mass is 16.3. The average molecular weight is 333 g/mol. The fourth-order valence-electron chi connectivity index (χ4n) is 3.51. The van der Waals surface area contributed by atoms with Gasteiger partial charge in [-0.25, -0.2) is 0 Å². The van der Waals surface area contributed by atoms with Gasteiger partial charge in [0, 0.05) is 16.3 Å². The summed E-state index contributed by atoms with van der Waals surface area (Å²) in [4.78, 5) is 0. The fraction of sp³-hybridized carbons (Fsp3) is 0.333. The number of hydrogen-bond donors (Lipinski definition) is 0. The van der Waals surface area contributed by atoms with Gasteiger partial charge in [0.05, 0.1) is 5.48 Å². The van der Waals surface area contributed by atoms with Gasteiger partial charge in [-0.3, -0.25) is 5.11 Å². The van der Waals surface area contributed by atoms with Crippen LogP contribution in [0.1, 0.15) is 58.2 Å². The van der Waals surface area contributed by atoms with Crippen molar-refractivity contribution >= 4 is 32.3 Å². The molecule has 1 heteroatoms. The van der Waals surface area contributed by atoms with E-state index in [1.54, 1.807) is 6.07 Å². The molecular formula is C24H25O. The summed E-state index contributed by atoms with van der Waals surface area (Å²) in [7, 11) is 0. The standard InChI is InChI=1S/C24H25O/c1-23(2,3)17-11-14-7-8-16-13-19(24(4,5)6)22(25)18-10-9-15(12-17)20(14)21(16)18/h7-13H,1-6H3/i7D,8D,9D,10D. The molecule has 0 aliphatic carbocycles. The maximum atomic E-state index is 13.4. The largest absolute Gasteiger partial charge is 0.289 e. The predicted molar refractivity (Wildman–Crippen MR) is 108 cm³/mol. The summed E-state index contributed by atoms with van der Waals surface area (Å²) >= 11 is 0. The highest BCUT2D eigenvalue weighted by Gasteiger charge is 2.24. The lowest BCUT2D eigenvalue weighted by Gasteiger charge is -2.23. The van der Waals surface area contributed by atoms with Crippen molar-refractivity contribution in [3.8, 4) is 5.75 Å². The highest BCUT2D eigenvalue weighted by molar-refractivity contribution is 6.24. The van der Waals surface area contributed by atoms with Gasteiger partial charge in [0.25, 0.3) is 0 Å². The third kappa shape index (κ3) is 2.37. The van der Waals surface area contributed by atoms with E-state index < -0.39 is 5.41 Å². The Morgan fingerprint density at radius 2 is 1.24 bits per heavy atom. The lowest BCUT2D eigenvalue weighted by Crippen LogP contribution is -2.12. The van der Waals surface area contributed by atoms with Crippen LogP contribution in [0.4, 0.5) is 0 Å². The van der Waals surface area contributed by atoms with Gasteiger partial charge in [-0.15, -0.1) is 0 Å². The van der Waals surface area contributed by atoms with Crippen molar-refractivity contribution in [3.63, 3.8) is 0 Å². The maximum Gasteiger partial charge on any atom is 0.190 e. The molecule has 0 saturated carbocycles. The molecule has 0 N–H and O–H groups in total. The monoisotopic (exact) mass is 333 g/mol. The van der Waals surface area contributed by atoms with Crippen LogP contribution < -0.4 is 0 Å². The van der Waals surface area contributed by atoms with E-state index in [0.717, 1.165) is 5.56 Å². The molecule has 0 fully saturated rings. The number of benzene rings is 4. The summed E-state index contributed by atoms with van der Waals surface area (Å²) in [5.74, 6) is -0.247. The second-order valence-corrected chi connectivity index (χ2v) is 9.00. The molecular weight excluding hydrogens is 304 g/mol. The third-order valence-electron chi connectivity index (χ3n) is 5.00. The zero-order chi connectivity index (χ0) is 21.6. The SMILES string of the molecule is [2H]c1c([2H])c2cc(C(C)(C)C)c([O])c3c([2H])c([2H])c4cc(C(C)(C)C)cc1c4c23. The van der Waals surface area contributed by atoms with Gasteiger partial charge in [-0.05, 0) is 50.0 Å². The molecule has 127 valence electrons. The molecule has 0 saturated heterocycles. The average Bonchev–Trinajstić information content (AvgIpc) is 2.60. The van der Waals surface area contributed by atoms with Crippen LogP contribution in [0, 0.1) is 0 Å². The first-order chi connectivity index (χ1) is 13.2. The van der Waals surface area contributed by atoms with E-state index in [2.05, 4.69) is 20.8 Å². The molecule has 0 aliphatic heterocycles. The molecule has 0 aromatic heterocycles. The van der Waals surface area contributed by atoms with Crippen LogP contribution in [-0.4, -0.2) is 0 Å². The predicted octanol–water partition coefficient (Wildman–Crippen LogP) is 7.32. The Hall–Kier alpha value is -2.28. The zero-order valence-corrected chi connectivity index (χ0v) is 15.6. The lowest BCUT2D eigenvalue weighted by molar-refractivity contribution is 0.346. The molecule has 1 nitrogen and oxygen atoms in total.